The normalized spacial score (nSPS) is 19.4. The molecule has 1 atom stereocenters. The molecule has 19 heavy (non-hydrogen) atoms. The molecule has 0 saturated carbocycles. The van der Waals surface area contributed by atoms with Crippen LogP contribution in [0.4, 0.5) is 9.93 Å². The Hall–Kier alpha value is -1.44. The van der Waals surface area contributed by atoms with E-state index >= 15 is 0 Å². The van der Waals surface area contributed by atoms with Crippen molar-refractivity contribution in [1.82, 2.24) is 9.88 Å². The second-order valence-electron chi connectivity index (χ2n) is 4.09. The van der Waals surface area contributed by atoms with Crippen molar-refractivity contribution in [2.45, 2.75) is 6.10 Å². The first-order valence-electron chi connectivity index (χ1n) is 5.93. The van der Waals surface area contributed by atoms with Gasteiger partial charge in [-0.2, -0.15) is 0 Å². The van der Waals surface area contributed by atoms with Crippen LogP contribution in [0.1, 0.15) is 11.0 Å². The first kappa shape index (κ1) is 12.6. The number of thiazole rings is 1. The van der Waals surface area contributed by atoms with Crippen molar-refractivity contribution < 1.29 is 9.53 Å². The number of nitrogens with zero attached hydrogens (tertiary/aromatic N) is 2. The molecule has 7 heteroatoms. The molecule has 2 amide bonds. The average molecular weight is 295 g/mol. The summed E-state index contributed by atoms with van der Waals surface area (Å²) < 4.78 is 5.71. The van der Waals surface area contributed by atoms with E-state index in [0.717, 1.165) is 4.88 Å². The third-order valence-electron chi connectivity index (χ3n) is 2.86. The molecule has 5 nitrogen and oxygen atoms in total. The van der Waals surface area contributed by atoms with Crippen LogP contribution in [0.2, 0.25) is 0 Å². The minimum atomic E-state index is -0.111. The largest absolute Gasteiger partial charge is 0.369 e. The summed E-state index contributed by atoms with van der Waals surface area (Å²) in [6, 6.07) is 3.93. The van der Waals surface area contributed by atoms with Gasteiger partial charge in [-0.3, -0.25) is 5.32 Å². The Morgan fingerprint density at radius 1 is 1.47 bits per heavy atom. The van der Waals surface area contributed by atoms with Crippen LogP contribution < -0.4 is 5.32 Å². The third kappa shape index (κ3) is 2.94. The van der Waals surface area contributed by atoms with E-state index in [4.69, 9.17) is 4.74 Å². The van der Waals surface area contributed by atoms with Crippen molar-refractivity contribution in [3.63, 3.8) is 0 Å². The van der Waals surface area contributed by atoms with Crippen molar-refractivity contribution in [1.29, 1.82) is 0 Å². The molecular weight excluding hydrogens is 282 g/mol. The highest BCUT2D eigenvalue weighted by molar-refractivity contribution is 7.13. The number of thiophene rings is 1. The fourth-order valence-electron chi connectivity index (χ4n) is 1.94. The van der Waals surface area contributed by atoms with Gasteiger partial charge in [0.05, 0.1) is 13.2 Å². The lowest BCUT2D eigenvalue weighted by Gasteiger charge is -2.32. The Morgan fingerprint density at radius 3 is 3.16 bits per heavy atom. The van der Waals surface area contributed by atoms with Crippen LogP contribution in [-0.2, 0) is 4.74 Å². The lowest BCUT2D eigenvalue weighted by molar-refractivity contribution is -0.0115. The highest BCUT2D eigenvalue weighted by Gasteiger charge is 2.26. The standard InChI is InChI=1S/C12H13N3O2S2/c16-12(14-11-13-3-7-19-11)15-4-5-17-9(8-15)10-2-1-6-18-10/h1-3,6-7,9H,4-5,8H2,(H,13,14,16). The van der Waals surface area contributed by atoms with Crippen LogP contribution in [0.25, 0.3) is 0 Å². The number of rotatable bonds is 2. The number of hydrogen-bond acceptors (Lipinski definition) is 5. The molecule has 1 aliphatic rings. The van der Waals surface area contributed by atoms with E-state index in [1.165, 1.54) is 11.3 Å². The minimum Gasteiger partial charge on any atom is -0.369 e. The molecule has 2 aromatic rings. The van der Waals surface area contributed by atoms with Crippen LogP contribution in [0, 0.1) is 0 Å². The summed E-state index contributed by atoms with van der Waals surface area (Å²) >= 11 is 3.07. The summed E-state index contributed by atoms with van der Waals surface area (Å²) in [5.41, 5.74) is 0. The minimum absolute atomic E-state index is 0.0178. The van der Waals surface area contributed by atoms with Gasteiger partial charge in [-0.25, -0.2) is 9.78 Å². The van der Waals surface area contributed by atoms with Crippen LogP contribution >= 0.6 is 22.7 Å². The van der Waals surface area contributed by atoms with Crippen LogP contribution in [-0.4, -0.2) is 35.6 Å². The van der Waals surface area contributed by atoms with Gasteiger partial charge in [-0.05, 0) is 11.4 Å². The van der Waals surface area contributed by atoms with Crippen LogP contribution in [0.3, 0.4) is 0 Å². The molecule has 100 valence electrons. The lowest BCUT2D eigenvalue weighted by atomic mass is 10.2. The van der Waals surface area contributed by atoms with E-state index in [9.17, 15) is 4.79 Å². The third-order valence-corrected chi connectivity index (χ3v) is 4.51. The fraction of sp³-hybridized carbons (Fsp3) is 0.333. The average Bonchev–Trinajstić information content (AvgIpc) is 3.12. The summed E-state index contributed by atoms with van der Waals surface area (Å²) in [6.07, 6.45) is 1.66. The number of morpholine rings is 1. The van der Waals surface area contributed by atoms with E-state index in [0.29, 0.717) is 24.8 Å². The summed E-state index contributed by atoms with van der Waals surface area (Å²) in [4.78, 5) is 19.1. The van der Waals surface area contributed by atoms with E-state index < -0.39 is 0 Å². The van der Waals surface area contributed by atoms with Crippen molar-refractivity contribution >= 4 is 33.8 Å². The predicted octanol–water partition coefficient (Wildman–Crippen LogP) is 2.81. The van der Waals surface area contributed by atoms with Gasteiger partial charge >= 0.3 is 6.03 Å². The Kier molecular flexibility index (Phi) is 3.77. The number of urea groups is 1. The highest BCUT2D eigenvalue weighted by atomic mass is 32.1. The molecule has 1 aliphatic heterocycles. The zero-order chi connectivity index (χ0) is 13.1. The molecule has 3 heterocycles. The smallest absolute Gasteiger partial charge is 0.323 e. The van der Waals surface area contributed by atoms with Gasteiger partial charge in [0.25, 0.3) is 0 Å². The van der Waals surface area contributed by atoms with E-state index in [-0.39, 0.29) is 12.1 Å². The summed E-state index contributed by atoms with van der Waals surface area (Å²) in [5, 5.41) is 7.29. The zero-order valence-electron chi connectivity index (χ0n) is 10.1. The number of anilines is 1. The van der Waals surface area contributed by atoms with Crippen molar-refractivity contribution in [2.24, 2.45) is 0 Å². The SMILES string of the molecule is O=C(Nc1nccs1)N1CCOC(c2cccs2)C1. The molecule has 1 saturated heterocycles. The van der Waals surface area contributed by atoms with Crippen LogP contribution in [0.5, 0.6) is 0 Å². The molecule has 0 radical (unpaired) electrons. The van der Waals surface area contributed by atoms with Crippen molar-refractivity contribution in [3.05, 3.63) is 34.0 Å². The summed E-state index contributed by atoms with van der Waals surface area (Å²) in [5.74, 6) is 0. The van der Waals surface area contributed by atoms with E-state index in [1.807, 2.05) is 22.9 Å². The van der Waals surface area contributed by atoms with Gasteiger partial charge in [0.2, 0.25) is 0 Å². The molecule has 0 bridgehead atoms. The monoisotopic (exact) mass is 295 g/mol. The predicted molar refractivity (Wildman–Crippen MR) is 75.7 cm³/mol. The van der Waals surface area contributed by atoms with E-state index in [2.05, 4.69) is 10.3 Å². The van der Waals surface area contributed by atoms with Crippen molar-refractivity contribution in [3.8, 4) is 0 Å². The number of amides is 2. The second-order valence-corrected chi connectivity index (χ2v) is 5.96. The Bertz CT molecular complexity index is 527. The van der Waals surface area contributed by atoms with Crippen molar-refractivity contribution in [2.75, 3.05) is 25.0 Å². The molecule has 0 aromatic carbocycles. The van der Waals surface area contributed by atoms with Crippen LogP contribution in [0.15, 0.2) is 29.1 Å². The van der Waals surface area contributed by atoms with Gasteiger partial charge in [0.1, 0.15) is 6.10 Å². The lowest BCUT2D eigenvalue weighted by Crippen LogP contribution is -2.44. The molecular formula is C12H13N3O2S2. The van der Waals surface area contributed by atoms with Gasteiger partial charge in [0.15, 0.2) is 5.13 Å². The highest BCUT2D eigenvalue weighted by Crippen LogP contribution is 2.26. The molecule has 1 fully saturated rings. The number of ether oxygens (including phenoxy) is 1. The molecule has 1 unspecified atom stereocenters. The number of carbonyl (C=O) groups excluding carboxylic acids is 1. The Labute approximate surface area is 118 Å². The molecule has 0 spiro atoms. The number of carbonyl (C=O) groups is 1. The topological polar surface area (TPSA) is 54.5 Å². The number of nitrogens with one attached hydrogen (secondary N) is 1. The molecule has 2 aromatic heterocycles. The fourth-order valence-corrected chi connectivity index (χ4v) is 3.22. The maximum Gasteiger partial charge on any atom is 0.323 e. The van der Waals surface area contributed by atoms with E-state index in [1.54, 1.807) is 22.4 Å². The Morgan fingerprint density at radius 2 is 2.42 bits per heavy atom. The second kappa shape index (κ2) is 5.68. The molecule has 1 N–H and O–H groups in total. The van der Waals surface area contributed by atoms with Gasteiger partial charge in [0, 0.05) is 23.0 Å². The first-order valence-corrected chi connectivity index (χ1v) is 7.69. The molecule has 0 aliphatic carbocycles. The quantitative estimate of drug-likeness (QED) is 0.927. The summed E-state index contributed by atoms with van der Waals surface area (Å²) in [7, 11) is 0. The van der Waals surface area contributed by atoms with Gasteiger partial charge in [-0.1, -0.05) is 6.07 Å². The van der Waals surface area contributed by atoms with Gasteiger partial charge in [-0.15, -0.1) is 22.7 Å². The number of aromatic nitrogens is 1. The Balaban J connectivity index is 1.63. The van der Waals surface area contributed by atoms with Gasteiger partial charge < -0.3 is 9.64 Å². The number of hydrogen-bond donors (Lipinski definition) is 1. The zero-order valence-corrected chi connectivity index (χ0v) is 11.7. The molecule has 3 rings (SSSR count). The maximum atomic E-state index is 12.1. The first-order chi connectivity index (χ1) is 9.33. The summed E-state index contributed by atoms with van der Waals surface area (Å²) in [6.45, 7) is 1.75. The maximum absolute atomic E-state index is 12.1.